The topological polar surface area (TPSA) is 29.5 Å². The van der Waals surface area contributed by atoms with Crippen LogP contribution in [-0.2, 0) is 4.74 Å². The van der Waals surface area contributed by atoms with Crippen molar-refractivity contribution in [2.24, 2.45) is 0 Å². The van der Waals surface area contributed by atoms with Gasteiger partial charge < -0.3 is 4.74 Å². The molecule has 3 nitrogen and oxygen atoms in total. The van der Waals surface area contributed by atoms with Crippen LogP contribution in [0.25, 0.3) is 0 Å². The van der Waals surface area contributed by atoms with E-state index in [0.29, 0.717) is 25.2 Å². The van der Waals surface area contributed by atoms with Crippen molar-refractivity contribution in [3.63, 3.8) is 0 Å². The van der Waals surface area contributed by atoms with Gasteiger partial charge in [0.05, 0.1) is 17.7 Å². The second-order valence-electron chi connectivity index (χ2n) is 6.70. The molecule has 0 aromatic heterocycles. The van der Waals surface area contributed by atoms with E-state index in [9.17, 15) is 9.18 Å². The number of nitrogens with zero attached hydrogens (tertiary/aromatic N) is 1. The maximum absolute atomic E-state index is 12.9. The minimum absolute atomic E-state index is 0.0125. The van der Waals surface area contributed by atoms with Crippen molar-refractivity contribution in [1.29, 1.82) is 0 Å². The van der Waals surface area contributed by atoms with Gasteiger partial charge in [-0.1, -0.05) is 0 Å². The average Bonchev–Trinajstić information content (AvgIpc) is 2.25. The first-order valence-electron chi connectivity index (χ1n) is 6.88. The molecule has 2 rings (SSSR count). The lowest BCUT2D eigenvalue weighted by Crippen LogP contribution is -2.58. The summed E-state index contributed by atoms with van der Waals surface area (Å²) in [4.78, 5) is 14.3. The van der Waals surface area contributed by atoms with Crippen LogP contribution in [0.2, 0.25) is 0 Å². The van der Waals surface area contributed by atoms with Gasteiger partial charge in [0.2, 0.25) is 0 Å². The van der Waals surface area contributed by atoms with Gasteiger partial charge in [0.15, 0.2) is 5.78 Å². The van der Waals surface area contributed by atoms with Gasteiger partial charge in [-0.15, -0.1) is 0 Å². The van der Waals surface area contributed by atoms with E-state index in [4.69, 9.17) is 4.74 Å². The van der Waals surface area contributed by atoms with Crippen molar-refractivity contribution in [3.05, 3.63) is 35.6 Å². The van der Waals surface area contributed by atoms with E-state index in [0.717, 1.165) is 0 Å². The quantitative estimate of drug-likeness (QED) is 0.797. The predicted molar refractivity (Wildman–Crippen MR) is 76.4 cm³/mol. The first-order valence-corrected chi connectivity index (χ1v) is 6.88. The summed E-state index contributed by atoms with van der Waals surface area (Å²) in [6, 6.07) is 5.71. The highest BCUT2D eigenvalue weighted by molar-refractivity contribution is 5.97. The van der Waals surface area contributed by atoms with Crippen molar-refractivity contribution in [1.82, 2.24) is 4.90 Å². The first kappa shape index (κ1) is 15.1. The molecule has 0 unspecified atom stereocenters. The van der Waals surface area contributed by atoms with Crippen molar-refractivity contribution in [2.75, 3.05) is 19.6 Å². The van der Waals surface area contributed by atoms with Crippen LogP contribution < -0.4 is 0 Å². The Hall–Kier alpha value is -1.26. The van der Waals surface area contributed by atoms with Crippen LogP contribution in [0.15, 0.2) is 24.3 Å². The number of ketones is 1. The van der Waals surface area contributed by atoms with Crippen LogP contribution >= 0.6 is 0 Å². The molecule has 0 amide bonds. The molecule has 1 aliphatic heterocycles. The van der Waals surface area contributed by atoms with Crippen molar-refractivity contribution in [2.45, 2.75) is 38.9 Å². The molecule has 0 bridgehead atoms. The van der Waals surface area contributed by atoms with Gasteiger partial charge in [0.1, 0.15) is 5.82 Å². The monoisotopic (exact) mass is 279 g/mol. The Balaban J connectivity index is 2.05. The lowest BCUT2D eigenvalue weighted by atomic mass is 9.98. The van der Waals surface area contributed by atoms with E-state index < -0.39 is 0 Å². The zero-order valence-electron chi connectivity index (χ0n) is 12.6. The summed E-state index contributed by atoms with van der Waals surface area (Å²) in [5, 5.41) is 0. The smallest absolute Gasteiger partial charge is 0.176 e. The number of rotatable bonds is 3. The number of Topliss-reactive ketones (excluding diaryl/α,β-unsaturated/α-hetero) is 1. The van der Waals surface area contributed by atoms with E-state index in [2.05, 4.69) is 4.90 Å². The highest BCUT2D eigenvalue weighted by Crippen LogP contribution is 2.28. The van der Waals surface area contributed by atoms with Gasteiger partial charge in [0.25, 0.3) is 0 Å². The van der Waals surface area contributed by atoms with Gasteiger partial charge >= 0.3 is 0 Å². The Labute approximate surface area is 119 Å². The minimum atomic E-state index is -0.324. The average molecular weight is 279 g/mol. The highest BCUT2D eigenvalue weighted by Gasteiger charge is 2.38. The molecule has 0 radical (unpaired) electrons. The molecule has 0 saturated carbocycles. The van der Waals surface area contributed by atoms with Crippen LogP contribution in [0.1, 0.15) is 38.1 Å². The van der Waals surface area contributed by atoms with E-state index in [1.165, 1.54) is 24.3 Å². The predicted octanol–water partition coefficient (Wildman–Crippen LogP) is 2.90. The molecule has 1 aromatic rings. The summed E-state index contributed by atoms with van der Waals surface area (Å²) in [5.41, 5.74) is 0.00356. The number of ether oxygens (including phenoxy) is 1. The molecular weight excluding hydrogens is 257 g/mol. The lowest BCUT2D eigenvalue weighted by molar-refractivity contribution is -0.178. The molecule has 110 valence electrons. The Morgan fingerprint density at radius 3 is 2.15 bits per heavy atom. The Bertz CT molecular complexity index is 478. The van der Waals surface area contributed by atoms with Crippen LogP contribution in [0.5, 0.6) is 0 Å². The molecule has 0 N–H and O–H groups in total. The molecule has 1 aromatic carbocycles. The largest absolute Gasteiger partial charge is 0.367 e. The van der Waals surface area contributed by atoms with Gasteiger partial charge in [-0.05, 0) is 52.0 Å². The van der Waals surface area contributed by atoms with Crippen molar-refractivity contribution >= 4 is 5.78 Å². The Kier molecular flexibility index (Phi) is 3.98. The number of morpholine rings is 1. The third-order valence-electron chi connectivity index (χ3n) is 3.29. The second-order valence-corrected chi connectivity index (χ2v) is 6.70. The molecule has 1 aliphatic rings. The summed E-state index contributed by atoms with van der Waals surface area (Å²) < 4.78 is 18.9. The molecule has 20 heavy (non-hydrogen) atoms. The zero-order chi connectivity index (χ0) is 15.0. The Morgan fingerprint density at radius 1 is 1.15 bits per heavy atom. The minimum Gasteiger partial charge on any atom is -0.367 e. The number of hydrogen-bond acceptors (Lipinski definition) is 3. The summed E-state index contributed by atoms with van der Waals surface area (Å²) >= 11 is 0. The number of carbonyl (C=O) groups excluding carboxylic acids is 1. The fourth-order valence-electron chi connectivity index (χ4n) is 2.99. The fraction of sp³-hybridized carbons (Fsp3) is 0.562. The van der Waals surface area contributed by atoms with E-state index in [-0.39, 0.29) is 22.8 Å². The van der Waals surface area contributed by atoms with Gasteiger partial charge in [-0.25, -0.2) is 4.39 Å². The number of carbonyl (C=O) groups is 1. The van der Waals surface area contributed by atoms with Crippen LogP contribution in [0.4, 0.5) is 4.39 Å². The normalized spacial score (nSPS) is 21.6. The van der Waals surface area contributed by atoms with Crippen molar-refractivity contribution < 1.29 is 13.9 Å². The number of hydrogen-bond donors (Lipinski definition) is 0. The molecule has 4 heteroatoms. The summed E-state index contributed by atoms with van der Waals surface area (Å²) in [6.07, 6.45) is 0. The molecular formula is C16H22FNO2. The SMILES string of the molecule is CC1(C)CN(CC(=O)c2ccc(F)cc2)CC(C)(C)O1. The summed E-state index contributed by atoms with van der Waals surface area (Å²) in [5.74, 6) is -0.311. The summed E-state index contributed by atoms with van der Waals surface area (Å²) in [7, 11) is 0. The fourth-order valence-corrected chi connectivity index (χ4v) is 2.99. The van der Waals surface area contributed by atoms with Crippen LogP contribution in [0, 0.1) is 5.82 Å². The third kappa shape index (κ3) is 3.87. The number of benzene rings is 1. The van der Waals surface area contributed by atoms with E-state index >= 15 is 0 Å². The third-order valence-corrected chi connectivity index (χ3v) is 3.29. The molecule has 1 fully saturated rings. The van der Waals surface area contributed by atoms with Gasteiger partial charge in [-0.3, -0.25) is 9.69 Å². The zero-order valence-corrected chi connectivity index (χ0v) is 12.6. The van der Waals surface area contributed by atoms with E-state index in [1.807, 2.05) is 27.7 Å². The first-order chi connectivity index (χ1) is 9.17. The Morgan fingerprint density at radius 2 is 1.65 bits per heavy atom. The molecule has 1 heterocycles. The van der Waals surface area contributed by atoms with Crippen molar-refractivity contribution in [3.8, 4) is 0 Å². The van der Waals surface area contributed by atoms with Gasteiger partial charge in [-0.2, -0.15) is 0 Å². The second kappa shape index (κ2) is 5.26. The lowest BCUT2D eigenvalue weighted by Gasteiger charge is -2.47. The maximum Gasteiger partial charge on any atom is 0.176 e. The standard InChI is InChI=1S/C16H22FNO2/c1-15(2)10-18(11-16(3,4)20-15)9-14(19)12-5-7-13(17)8-6-12/h5-8H,9-11H2,1-4H3. The molecule has 1 saturated heterocycles. The highest BCUT2D eigenvalue weighted by atomic mass is 19.1. The van der Waals surface area contributed by atoms with E-state index in [1.54, 1.807) is 0 Å². The van der Waals surface area contributed by atoms with Gasteiger partial charge in [0, 0.05) is 18.7 Å². The van der Waals surface area contributed by atoms with Crippen LogP contribution in [-0.4, -0.2) is 41.5 Å². The number of halogens is 1. The molecule has 0 atom stereocenters. The van der Waals surface area contributed by atoms with Crippen LogP contribution in [0.3, 0.4) is 0 Å². The molecule has 0 spiro atoms. The maximum atomic E-state index is 12.9. The summed E-state index contributed by atoms with van der Waals surface area (Å²) in [6.45, 7) is 9.88. The molecule has 0 aliphatic carbocycles.